The smallest absolute Gasteiger partial charge is 0.268 e. The van der Waals surface area contributed by atoms with Crippen LogP contribution in [0.15, 0.2) is 122 Å². The molecular weight excluding hydrogens is 912 g/mol. The highest BCUT2D eigenvalue weighted by molar-refractivity contribution is 7.45. The van der Waals surface area contributed by atoms with E-state index < -0.39 is 26.6 Å². The molecule has 0 heterocycles. The van der Waals surface area contributed by atoms with Crippen molar-refractivity contribution < 1.29 is 32.9 Å². The molecule has 1 amide bonds. The van der Waals surface area contributed by atoms with Gasteiger partial charge in [-0.2, -0.15) is 0 Å². The molecule has 0 bridgehead atoms. The summed E-state index contributed by atoms with van der Waals surface area (Å²) >= 11 is 0. The molecule has 0 spiro atoms. The average Bonchev–Trinajstić information content (AvgIpc) is 3.34. The molecule has 0 saturated heterocycles. The summed E-state index contributed by atoms with van der Waals surface area (Å²) in [5, 5.41) is 13.8. The number of amides is 1. The van der Waals surface area contributed by atoms with Gasteiger partial charge in [-0.25, -0.2) is 0 Å². The van der Waals surface area contributed by atoms with Crippen LogP contribution in [0, 0.1) is 0 Å². The zero-order valence-electron chi connectivity index (χ0n) is 46.8. The van der Waals surface area contributed by atoms with Crippen LogP contribution in [-0.4, -0.2) is 68.5 Å². The zero-order chi connectivity index (χ0) is 52.7. The number of quaternary nitrogens is 1. The third-order valence-corrected chi connectivity index (χ3v) is 13.1. The van der Waals surface area contributed by atoms with Crippen molar-refractivity contribution in [2.24, 2.45) is 0 Å². The lowest BCUT2D eigenvalue weighted by molar-refractivity contribution is -0.870. The summed E-state index contributed by atoms with van der Waals surface area (Å²) in [5.41, 5.74) is 0. The highest BCUT2D eigenvalue weighted by Crippen LogP contribution is 2.38. The Morgan fingerprint density at radius 1 is 0.500 bits per heavy atom. The highest BCUT2D eigenvalue weighted by atomic mass is 31.2. The molecule has 0 aliphatic carbocycles. The average molecular weight is 1020 g/mol. The van der Waals surface area contributed by atoms with Crippen LogP contribution in [0.4, 0.5) is 0 Å². The number of hydrogen-bond donors (Lipinski definition) is 2. The van der Waals surface area contributed by atoms with E-state index in [1.807, 2.05) is 27.2 Å². The number of phosphoric acid groups is 1. The van der Waals surface area contributed by atoms with Crippen molar-refractivity contribution in [3.05, 3.63) is 122 Å². The lowest BCUT2D eigenvalue weighted by Gasteiger charge is -2.29. The SMILES string of the molecule is CC/C=C\C/C=C\C/C=C\C/C=C\C/C=C\C/C=C\C/C=C\CCCCCCCC(=O)NC(COP(=O)([O-])OCC[N+](C)(C)C)C(O)/C=C/CC/C=C/CC/C=C/CCCCCCCCCCCCCCC. The molecule has 0 radical (unpaired) electrons. The molecule has 0 aliphatic rings. The Bertz CT molecular complexity index is 1580. The standard InChI is InChI=1S/C63H109N2O6P/c1-6-8-10-12-14-16-18-20-22-24-26-28-30-31-32-33-35-37-39-41-43-45-47-49-51-53-55-57-63(67)64-61(60-71-72(68,69)70-59-58-65(3,4)5)62(66)56-54-52-50-48-46-44-42-40-38-36-34-29-27-25-23-21-19-17-15-13-11-9-7-2/h8,10,14,16,20,22,26,28,31-32,35,37-38,40-41,43,46,48,54,56,61-62,66H,6-7,9,11-13,15,17-19,21,23-25,27,29-30,33-34,36,39,42,44-45,47,49-53,55,57-60H2,1-5H3,(H-,64,67,68,69)/b10-8-,16-14-,22-20-,28-26-,32-31-,37-35-,40-38+,43-41-,48-46+,56-54+. The molecule has 2 N–H and O–H groups in total. The van der Waals surface area contributed by atoms with E-state index in [0.29, 0.717) is 17.4 Å². The molecule has 0 fully saturated rings. The molecule has 8 nitrogen and oxygen atoms in total. The molecule has 0 aliphatic heterocycles. The van der Waals surface area contributed by atoms with Crippen LogP contribution < -0.4 is 10.2 Å². The molecule has 0 aromatic rings. The Morgan fingerprint density at radius 2 is 0.861 bits per heavy atom. The van der Waals surface area contributed by atoms with Gasteiger partial charge in [0.05, 0.1) is 39.9 Å². The normalized spacial score (nSPS) is 14.8. The number of carbonyl (C=O) groups is 1. The number of aliphatic hydroxyl groups excluding tert-OH is 1. The third kappa shape index (κ3) is 54.7. The second-order valence-corrected chi connectivity index (χ2v) is 21.7. The van der Waals surface area contributed by atoms with Gasteiger partial charge in [-0.15, -0.1) is 0 Å². The van der Waals surface area contributed by atoms with E-state index in [0.717, 1.165) is 109 Å². The van der Waals surface area contributed by atoms with Crippen LogP contribution in [0.1, 0.15) is 219 Å². The number of rotatable bonds is 51. The van der Waals surface area contributed by atoms with Crippen LogP contribution in [0.3, 0.4) is 0 Å². The molecule has 0 aromatic heterocycles. The van der Waals surface area contributed by atoms with Gasteiger partial charge in [-0.05, 0) is 103 Å². The van der Waals surface area contributed by atoms with Gasteiger partial charge in [0.1, 0.15) is 13.2 Å². The van der Waals surface area contributed by atoms with E-state index >= 15 is 0 Å². The molecule has 3 unspecified atom stereocenters. The maximum atomic E-state index is 13.0. The molecule has 0 saturated carbocycles. The number of likely N-dealkylation sites (N-methyl/N-ethyl adjacent to an activating group) is 1. The van der Waals surface area contributed by atoms with Crippen molar-refractivity contribution in [2.45, 2.75) is 231 Å². The predicted molar refractivity (Wildman–Crippen MR) is 311 cm³/mol. The highest BCUT2D eigenvalue weighted by Gasteiger charge is 2.23. The molecule has 0 aromatic carbocycles. The van der Waals surface area contributed by atoms with Crippen molar-refractivity contribution in [1.29, 1.82) is 0 Å². The van der Waals surface area contributed by atoms with Crippen LogP contribution in [0.25, 0.3) is 0 Å². The Hall–Kier alpha value is -3.10. The van der Waals surface area contributed by atoms with Gasteiger partial charge in [0.15, 0.2) is 0 Å². The summed E-state index contributed by atoms with van der Waals surface area (Å²) in [6, 6.07) is -0.931. The fourth-order valence-electron chi connectivity index (χ4n) is 7.63. The molecule has 412 valence electrons. The number of allylic oxidation sites excluding steroid dienone is 19. The number of nitrogens with one attached hydrogen (secondary N) is 1. The Morgan fingerprint density at radius 3 is 1.29 bits per heavy atom. The van der Waals surface area contributed by atoms with E-state index in [1.54, 1.807) is 6.08 Å². The van der Waals surface area contributed by atoms with Crippen molar-refractivity contribution >= 4 is 13.7 Å². The topological polar surface area (TPSA) is 108 Å². The van der Waals surface area contributed by atoms with E-state index in [1.165, 1.54) is 89.9 Å². The second kappa shape index (κ2) is 52.8. The van der Waals surface area contributed by atoms with Gasteiger partial charge < -0.3 is 28.8 Å². The number of phosphoric ester groups is 1. The van der Waals surface area contributed by atoms with Crippen molar-refractivity contribution in [3.8, 4) is 0 Å². The summed E-state index contributed by atoms with van der Waals surface area (Å²) < 4.78 is 23.3. The quantitative estimate of drug-likeness (QED) is 0.0272. The van der Waals surface area contributed by atoms with Crippen molar-refractivity contribution in [3.63, 3.8) is 0 Å². The van der Waals surface area contributed by atoms with Crippen molar-refractivity contribution in [2.75, 3.05) is 40.9 Å². The number of unbranched alkanes of at least 4 members (excludes halogenated alkanes) is 20. The van der Waals surface area contributed by atoms with Crippen LogP contribution in [0.2, 0.25) is 0 Å². The number of nitrogens with zero attached hydrogens (tertiary/aromatic N) is 1. The summed E-state index contributed by atoms with van der Waals surface area (Å²) in [5.74, 6) is -0.235. The summed E-state index contributed by atoms with van der Waals surface area (Å²) in [6.45, 7) is 4.48. The number of carbonyl (C=O) groups excluding carboxylic acids is 1. The fraction of sp³-hybridized carbons (Fsp3) is 0.667. The fourth-order valence-corrected chi connectivity index (χ4v) is 8.36. The molecule has 9 heteroatoms. The minimum absolute atomic E-state index is 0.0202. The second-order valence-electron chi connectivity index (χ2n) is 20.2. The minimum atomic E-state index is -4.63. The molecule has 0 rings (SSSR count). The summed E-state index contributed by atoms with van der Waals surface area (Å²) in [6.07, 6.45) is 78.5. The van der Waals surface area contributed by atoms with Gasteiger partial charge in [-0.3, -0.25) is 9.36 Å². The van der Waals surface area contributed by atoms with E-state index in [4.69, 9.17) is 9.05 Å². The Balaban J connectivity index is 4.39. The largest absolute Gasteiger partial charge is 0.756 e. The van der Waals surface area contributed by atoms with E-state index in [-0.39, 0.29) is 12.5 Å². The minimum Gasteiger partial charge on any atom is -0.756 e. The van der Waals surface area contributed by atoms with Gasteiger partial charge in [0.25, 0.3) is 7.82 Å². The van der Waals surface area contributed by atoms with Gasteiger partial charge >= 0.3 is 0 Å². The van der Waals surface area contributed by atoms with E-state index in [2.05, 4.69) is 129 Å². The first-order valence-corrected chi connectivity index (χ1v) is 30.4. The number of hydrogen-bond acceptors (Lipinski definition) is 6. The number of aliphatic hydroxyl groups is 1. The maximum absolute atomic E-state index is 13.0. The first-order chi connectivity index (χ1) is 35.0. The van der Waals surface area contributed by atoms with Gasteiger partial charge in [0, 0.05) is 6.42 Å². The maximum Gasteiger partial charge on any atom is 0.268 e. The molecular formula is C63H109N2O6P. The molecule has 3 atom stereocenters. The van der Waals surface area contributed by atoms with Crippen LogP contribution in [-0.2, 0) is 18.4 Å². The lowest BCUT2D eigenvalue weighted by Crippen LogP contribution is -2.45. The molecule has 72 heavy (non-hydrogen) atoms. The zero-order valence-corrected chi connectivity index (χ0v) is 47.7. The first kappa shape index (κ1) is 68.9. The van der Waals surface area contributed by atoms with Crippen LogP contribution in [0.5, 0.6) is 0 Å². The Kier molecular flexibility index (Phi) is 50.5. The first-order valence-electron chi connectivity index (χ1n) is 28.9. The predicted octanol–water partition coefficient (Wildman–Crippen LogP) is 17.1. The van der Waals surface area contributed by atoms with Crippen molar-refractivity contribution in [1.82, 2.24) is 5.32 Å². The summed E-state index contributed by atoms with van der Waals surface area (Å²) in [7, 11) is 1.20. The van der Waals surface area contributed by atoms with Gasteiger partial charge in [-0.1, -0.05) is 232 Å². The Labute approximate surface area is 444 Å². The van der Waals surface area contributed by atoms with Crippen LogP contribution >= 0.6 is 7.82 Å². The summed E-state index contributed by atoms with van der Waals surface area (Å²) in [4.78, 5) is 25.5. The third-order valence-electron chi connectivity index (χ3n) is 12.1. The van der Waals surface area contributed by atoms with Gasteiger partial charge in [0.2, 0.25) is 5.91 Å². The lowest BCUT2D eigenvalue weighted by atomic mass is 10.0. The monoisotopic (exact) mass is 1020 g/mol. The van der Waals surface area contributed by atoms with E-state index in [9.17, 15) is 19.4 Å².